The van der Waals surface area contributed by atoms with Gasteiger partial charge in [-0.15, -0.1) is 0 Å². The van der Waals surface area contributed by atoms with E-state index in [4.69, 9.17) is 22.1 Å². The van der Waals surface area contributed by atoms with Gasteiger partial charge in [0.05, 0.1) is 11.6 Å². The third kappa shape index (κ3) is 4.85. The van der Waals surface area contributed by atoms with E-state index in [1.165, 1.54) is 12.1 Å². The lowest BCUT2D eigenvalue weighted by atomic mass is 10.3. The molecule has 0 saturated carbocycles. The van der Waals surface area contributed by atoms with Crippen molar-refractivity contribution in [1.29, 1.82) is 0 Å². The van der Waals surface area contributed by atoms with E-state index in [0.717, 1.165) is 0 Å². The molecule has 7 heteroatoms. The summed E-state index contributed by atoms with van der Waals surface area (Å²) in [6.07, 6.45) is 0. The highest BCUT2D eigenvalue weighted by Crippen LogP contribution is 2.31. The Labute approximate surface area is 99.9 Å². The highest BCUT2D eigenvalue weighted by molar-refractivity contribution is 8.00. The second-order valence-electron chi connectivity index (χ2n) is 2.83. The van der Waals surface area contributed by atoms with E-state index in [2.05, 4.69) is 0 Å². The molecule has 0 radical (unpaired) electrons. The summed E-state index contributed by atoms with van der Waals surface area (Å²) in [7, 11) is 0. The molecule has 0 fully saturated rings. The Morgan fingerprint density at radius 1 is 1.38 bits per heavy atom. The van der Waals surface area contributed by atoms with Gasteiger partial charge in [-0.25, -0.2) is 0 Å². The number of hydrogen-bond donors (Lipinski definition) is 1. The van der Waals surface area contributed by atoms with Crippen LogP contribution in [0.4, 0.5) is 18.9 Å². The number of ether oxygens (including phenoxy) is 1. The SMILES string of the molecule is Nc1ccc(Cl)c(OCCSC(F)(F)F)c1. The number of anilines is 1. The van der Waals surface area contributed by atoms with E-state index in [0.29, 0.717) is 16.5 Å². The van der Waals surface area contributed by atoms with Crippen LogP contribution in [0.25, 0.3) is 0 Å². The van der Waals surface area contributed by atoms with Crippen LogP contribution in [0.1, 0.15) is 0 Å². The van der Waals surface area contributed by atoms with Crippen LogP contribution in [0.2, 0.25) is 5.02 Å². The molecule has 0 amide bonds. The topological polar surface area (TPSA) is 35.2 Å². The number of halogens is 4. The Morgan fingerprint density at radius 3 is 2.69 bits per heavy atom. The third-order valence-electron chi connectivity index (χ3n) is 1.56. The summed E-state index contributed by atoms with van der Waals surface area (Å²) in [4.78, 5) is 0. The van der Waals surface area contributed by atoms with Gasteiger partial charge in [-0.05, 0) is 23.9 Å². The summed E-state index contributed by atoms with van der Waals surface area (Å²) in [5, 5.41) is 0.325. The molecule has 0 saturated heterocycles. The van der Waals surface area contributed by atoms with Crippen LogP contribution in [-0.2, 0) is 0 Å². The maximum Gasteiger partial charge on any atom is 0.441 e. The quantitative estimate of drug-likeness (QED) is 0.672. The summed E-state index contributed by atoms with van der Waals surface area (Å²) in [5.74, 6) is 0.110. The van der Waals surface area contributed by atoms with Gasteiger partial charge in [0.15, 0.2) is 0 Å². The fourth-order valence-corrected chi connectivity index (χ4v) is 1.51. The maximum atomic E-state index is 11.8. The molecule has 0 bridgehead atoms. The second-order valence-corrected chi connectivity index (χ2v) is 4.40. The predicted molar refractivity (Wildman–Crippen MR) is 59.9 cm³/mol. The van der Waals surface area contributed by atoms with Gasteiger partial charge in [-0.3, -0.25) is 0 Å². The smallest absolute Gasteiger partial charge is 0.441 e. The average Bonchev–Trinajstić information content (AvgIpc) is 2.16. The van der Waals surface area contributed by atoms with Crippen molar-refractivity contribution in [3.8, 4) is 5.75 Å². The van der Waals surface area contributed by atoms with Crippen molar-refractivity contribution >= 4 is 29.1 Å². The van der Waals surface area contributed by atoms with E-state index in [1.54, 1.807) is 6.07 Å². The van der Waals surface area contributed by atoms with Crippen LogP contribution in [0.5, 0.6) is 5.75 Å². The molecule has 0 spiro atoms. The predicted octanol–water partition coefficient (Wildman–Crippen LogP) is 3.55. The molecule has 0 aliphatic heterocycles. The number of thioether (sulfide) groups is 1. The van der Waals surface area contributed by atoms with Crippen molar-refractivity contribution in [2.75, 3.05) is 18.1 Å². The molecule has 0 aliphatic carbocycles. The molecule has 0 heterocycles. The molecule has 1 aromatic rings. The zero-order valence-electron chi connectivity index (χ0n) is 8.05. The highest BCUT2D eigenvalue weighted by atomic mass is 35.5. The Kier molecular flexibility index (Phi) is 4.61. The third-order valence-corrected chi connectivity index (χ3v) is 2.57. The van der Waals surface area contributed by atoms with Crippen LogP contribution in [0.3, 0.4) is 0 Å². The van der Waals surface area contributed by atoms with E-state index in [1.807, 2.05) is 0 Å². The van der Waals surface area contributed by atoms with Crippen molar-refractivity contribution in [3.05, 3.63) is 23.2 Å². The zero-order valence-corrected chi connectivity index (χ0v) is 9.62. The van der Waals surface area contributed by atoms with Crippen molar-refractivity contribution in [2.45, 2.75) is 5.51 Å². The molecule has 1 rings (SSSR count). The molecule has 2 N–H and O–H groups in total. The van der Waals surface area contributed by atoms with Gasteiger partial charge in [0.1, 0.15) is 5.75 Å². The Balaban J connectivity index is 2.40. The van der Waals surface area contributed by atoms with Crippen LogP contribution in [0, 0.1) is 0 Å². The molecular weight excluding hydrogens is 263 g/mol. The van der Waals surface area contributed by atoms with E-state index >= 15 is 0 Å². The van der Waals surface area contributed by atoms with Gasteiger partial charge in [-0.2, -0.15) is 13.2 Å². The molecule has 90 valence electrons. The summed E-state index contributed by atoms with van der Waals surface area (Å²) < 4.78 is 40.4. The van der Waals surface area contributed by atoms with Crippen molar-refractivity contribution in [1.82, 2.24) is 0 Å². The summed E-state index contributed by atoms with van der Waals surface area (Å²) >= 11 is 5.62. The van der Waals surface area contributed by atoms with Gasteiger partial charge in [0, 0.05) is 17.5 Å². The maximum absolute atomic E-state index is 11.8. The zero-order chi connectivity index (χ0) is 12.2. The lowest BCUT2D eigenvalue weighted by Crippen LogP contribution is -2.07. The molecule has 0 aromatic heterocycles. The number of nitrogen functional groups attached to an aromatic ring is 1. The number of nitrogens with two attached hydrogens (primary N) is 1. The monoisotopic (exact) mass is 271 g/mol. The molecule has 1 aromatic carbocycles. The van der Waals surface area contributed by atoms with Gasteiger partial charge < -0.3 is 10.5 Å². The minimum Gasteiger partial charge on any atom is -0.491 e. The molecule has 16 heavy (non-hydrogen) atoms. The lowest BCUT2D eigenvalue weighted by Gasteiger charge is -2.09. The van der Waals surface area contributed by atoms with Crippen LogP contribution < -0.4 is 10.5 Å². The number of rotatable bonds is 4. The number of alkyl halides is 3. The van der Waals surface area contributed by atoms with Gasteiger partial charge in [0.2, 0.25) is 0 Å². The first-order valence-corrected chi connectivity index (χ1v) is 5.63. The first kappa shape index (κ1) is 13.3. The second kappa shape index (κ2) is 5.54. The molecule has 0 unspecified atom stereocenters. The van der Waals surface area contributed by atoms with E-state index in [-0.39, 0.29) is 24.1 Å². The number of benzene rings is 1. The van der Waals surface area contributed by atoms with Crippen LogP contribution in [0.15, 0.2) is 18.2 Å². The molecular formula is C9H9ClF3NOS. The first-order chi connectivity index (χ1) is 7.38. The van der Waals surface area contributed by atoms with E-state index in [9.17, 15) is 13.2 Å². The van der Waals surface area contributed by atoms with Crippen molar-refractivity contribution < 1.29 is 17.9 Å². The minimum atomic E-state index is -4.23. The molecule has 0 aliphatic rings. The Hall–Kier alpha value is -0.750. The standard InChI is InChI=1S/C9H9ClF3NOS/c10-7-2-1-6(14)5-8(7)15-3-4-16-9(11,12)13/h1-2,5H,3-4,14H2. The lowest BCUT2D eigenvalue weighted by molar-refractivity contribution is -0.0329. The summed E-state index contributed by atoms with van der Waals surface area (Å²) in [6.45, 7) is -0.0760. The van der Waals surface area contributed by atoms with Crippen LogP contribution in [-0.4, -0.2) is 17.9 Å². The normalized spacial score (nSPS) is 11.5. The summed E-state index contributed by atoms with van der Waals surface area (Å²) in [5.41, 5.74) is 1.69. The summed E-state index contributed by atoms with van der Waals surface area (Å²) in [6, 6.07) is 4.59. The van der Waals surface area contributed by atoms with Crippen molar-refractivity contribution in [2.24, 2.45) is 0 Å². The van der Waals surface area contributed by atoms with Gasteiger partial charge in [-0.1, -0.05) is 11.6 Å². The Bertz CT molecular complexity index is 359. The fraction of sp³-hybridized carbons (Fsp3) is 0.333. The minimum absolute atomic E-state index is 0.0760. The fourth-order valence-electron chi connectivity index (χ4n) is 0.940. The largest absolute Gasteiger partial charge is 0.491 e. The van der Waals surface area contributed by atoms with Gasteiger partial charge >= 0.3 is 5.51 Å². The van der Waals surface area contributed by atoms with Gasteiger partial charge in [0.25, 0.3) is 0 Å². The number of hydrogen-bond acceptors (Lipinski definition) is 3. The average molecular weight is 272 g/mol. The highest BCUT2D eigenvalue weighted by Gasteiger charge is 2.27. The Morgan fingerprint density at radius 2 is 2.06 bits per heavy atom. The van der Waals surface area contributed by atoms with E-state index < -0.39 is 5.51 Å². The first-order valence-electron chi connectivity index (χ1n) is 4.27. The van der Waals surface area contributed by atoms with Crippen LogP contribution >= 0.6 is 23.4 Å². The molecule has 2 nitrogen and oxygen atoms in total. The molecule has 0 atom stereocenters. The van der Waals surface area contributed by atoms with Crippen molar-refractivity contribution in [3.63, 3.8) is 0 Å².